The Bertz CT molecular complexity index is 579. The van der Waals surface area contributed by atoms with Crippen LogP contribution in [-0.2, 0) is 0 Å². The monoisotopic (exact) mass is 300 g/mol. The largest absolute Gasteiger partial charge is 0.369 e. The maximum Gasteiger partial charge on any atom is 0.123 e. The van der Waals surface area contributed by atoms with E-state index < -0.39 is 0 Å². The molecular weight excluding hydrogens is 279 g/mol. The Balaban J connectivity index is 1.64. The number of hydrogen-bond acceptors (Lipinski definition) is 4. The number of piperazine rings is 1. The van der Waals surface area contributed by atoms with Crippen molar-refractivity contribution in [1.82, 2.24) is 9.88 Å². The molecule has 1 aromatic carbocycles. The maximum absolute atomic E-state index is 13.0. The maximum atomic E-state index is 13.0. The summed E-state index contributed by atoms with van der Waals surface area (Å²) < 4.78 is 13.0. The molecule has 0 aliphatic carbocycles. The van der Waals surface area contributed by atoms with Gasteiger partial charge in [0.25, 0.3) is 0 Å². The quantitative estimate of drug-likeness (QED) is 0.938. The van der Waals surface area contributed by atoms with Gasteiger partial charge in [-0.05, 0) is 42.0 Å². The summed E-state index contributed by atoms with van der Waals surface area (Å²) in [4.78, 5) is 8.77. The van der Waals surface area contributed by atoms with Gasteiger partial charge in [0.1, 0.15) is 5.82 Å². The summed E-state index contributed by atoms with van der Waals surface area (Å²) in [5.41, 5.74) is 8.27. The number of nitrogens with two attached hydrogens (primary N) is 1. The van der Waals surface area contributed by atoms with Crippen LogP contribution in [0.5, 0.6) is 0 Å². The molecule has 1 aromatic heterocycles. The highest BCUT2D eigenvalue weighted by molar-refractivity contribution is 5.46. The van der Waals surface area contributed by atoms with Crippen molar-refractivity contribution in [3.63, 3.8) is 0 Å². The molecule has 22 heavy (non-hydrogen) atoms. The molecule has 2 heterocycles. The van der Waals surface area contributed by atoms with Gasteiger partial charge in [-0.15, -0.1) is 0 Å². The molecule has 1 fully saturated rings. The van der Waals surface area contributed by atoms with Gasteiger partial charge >= 0.3 is 0 Å². The first-order valence-electron chi connectivity index (χ1n) is 7.62. The SMILES string of the molecule is NCC(c1ccncc1)N1CCN(c2ccc(F)cc2)CC1. The van der Waals surface area contributed by atoms with Crippen molar-refractivity contribution in [3.8, 4) is 0 Å². The second-order valence-corrected chi connectivity index (χ2v) is 5.53. The molecule has 1 aliphatic heterocycles. The molecule has 0 bridgehead atoms. The van der Waals surface area contributed by atoms with E-state index in [-0.39, 0.29) is 11.9 Å². The van der Waals surface area contributed by atoms with Crippen molar-refractivity contribution in [2.45, 2.75) is 6.04 Å². The average Bonchev–Trinajstić information content (AvgIpc) is 2.58. The van der Waals surface area contributed by atoms with Crippen molar-refractivity contribution in [2.24, 2.45) is 5.73 Å². The van der Waals surface area contributed by atoms with Crippen molar-refractivity contribution in [3.05, 3.63) is 60.2 Å². The van der Waals surface area contributed by atoms with E-state index in [0.717, 1.165) is 31.9 Å². The number of hydrogen-bond donors (Lipinski definition) is 1. The van der Waals surface area contributed by atoms with Crippen LogP contribution in [0.4, 0.5) is 10.1 Å². The molecule has 1 atom stereocenters. The minimum absolute atomic E-state index is 0.191. The van der Waals surface area contributed by atoms with Gasteiger partial charge in [0.05, 0.1) is 0 Å². The van der Waals surface area contributed by atoms with Crippen LogP contribution >= 0.6 is 0 Å². The fourth-order valence-corrected chi connectivity index (χ4v) is 3.03. The Morgan fingerprint density at radius 2 is 1.64 bits per heavy atom. The van der Waals surface area contributed by atoms with Crippen LogP contribution in [-0.4, -0.2) is 42.6 Å². The molecule has 116 valence electrons. The van der Waals surface area contributed by atoms with Crippen LogP contribution in [0.15, 0.2) is 48.8 Å². The van der Waals surface area contributed by atoms with Gasteiger partial charge in [0.2, 0.25) is 0 Å². The predicted molar refractivity (Wildman–Crippen MR) is 86.2 cm³/mol. The van der Waals surface area contributed by atoms with Crippen molar-refractivity contribution in [2.75, 3.05) is 37.6 Å². The molecule has 4 nitrogen and oxygen atoms in total. The number of nitrogens with zero attached hydrogens (tertiary/aromatic N) is 3. The highest BCUT2D eigenvalue weighted by atomic mass is 19.1. The topological polar surface area (TPSA) is 45.4 Å². The van der Waals surface area contributed by atoms with E-state index in [1.807, 2.05) is 36.7 Å². The number of anilines is 1. The minimum atomic E-state index is -0.191. The lowest BCUT2D eigenvalue weighted by atomic mass is 10.1. The van der Waals surface area contributed by atoms with E-state index in [2.05, 4.69) is 14.8 Å². The Labute approximate surface area is 130 Å². The lowest BCUT2D eigenvalue weighted by Crippen LogP contribution is -2.49. The second-order valence-electron chi connectivity index (χ2n) is 5.53. The van der Waals surface area contributed by atoms with Gasteiger partial charge in [-0.1, -0.05) is 0 Å². The lowest BCUT2D eigenvalue weighted by Gasteiger charge is -2.40. The molecule has 5 heteroatoms. The van der Waals surface area contributed by atoms with E-state index >= 15 is 0 Å². The highest BCUT2D eigenvalue weighted by Crippen LogP contribution is 2.23. The van der Waals surface area contributed by atoms with Crippen molar-refractivity contribution in [1.29, 1.82) is 0 Å². The molecule has 2 N–H and O–H groups in total. The summed E-state index contributed by atoms with van der Waals surface area (Å²) in [5, 5.41) is 0. The molecular formula is C17H21FN4. The standard InChI is InChI=1S/C17H21FN4/c18-15-1-3-16(4-2-15)21-9-11-22(12-10-21)17(13-19)14-5-7-20-8-6-14/h1-8,17H,9-13,19H2. The zero-order valence-corrected chi connectivity index (χ0v) is 12.5. The van der Waals surface area contributed by atoms with Crippen LogP contribution < -0.4 is 10.6 Å². The first-order chi connectivity index (χ1) is 10.8. The second kappa shape index (κ2) is 6.85. The molecule has 2 aromatic rings. The van der Waals surface area contributed by atoms with E-state index in [4.69, 9.17) is 5.73 Å². The summed E-state index contributed by atoms with van der Waals surface area (Å²) in [6.45, 7) is 4.34. The van der Waals surface area contributed by atoms with Gasteiger partial charge in [-0.25, -0.2) is 4.39 Å². The molecule has 1 saturated heterocycles. The zero-order valence-electron chi connectivity index (χ0n) is 12.5. The van der Waals surface area contributed by atoms with Gasteiger partial charge in [-0.3, -0.25) is 9.88 Å². The number of halogens is 1. The van der Waals surface area contributed by atoms with E-state index in [1.165, 1.54) is 17.7 Å². The van der Waals surface area contributed by atoms with Gasteiger partial charge in [0.15, 0.2) is 0 Å². The summed E-state index contributed by atoms with van der Waals surface area (Å²) in [6.07, 6.45) is 3.62. The average molecular weight is 300 g/mol. The van der Waals surface area contributed by atoms with Gasteiger partial charge in [-0.2, -0.15) is 0 Å². The van der Waals surface area contributed by atoms with E-state index in [0.29, 0.717) is 6.54 Å². The Morgan fingerprint density at radius 3 is 2.23 bits per heavy atom. The smallest absolute Gasteiger partial charge is 0.123 e. The molecule has 0 amide bonds. The Morgan fingerprint density at radius 1 is 1.00 bits per heavy atom. The normalized spacial score (nSPS) is 17.5. The van der Waals surface area contributed by atoms with E-state index in [9.17, 15) is 4.39 Å². The van der Waals surface area contributed by atoms with Crippen molar-refractivity contribution >= 4 is 5.69 Å². The number of aromatic nitrogens is 1. The Hall–Kier alpha value is -1.98. The van der Waals surface area contributed by atoms with Crippen LogP contribution in [0.3, 0.4) is 0 Å². The van der Waals surface area contributed by atoms with Crippen LogP contribution in [0.2, 0.25) is 0 Å². The number of benzene rings is 1. The minimum Gasteiger partial charge on any atom is -0.369 e. The lowest BCUT2D eigenvalue weighted by molar-refractivity contribution is 0.190. The van der Waals surface area contributed by atoms with Gasteiger partial charge in [0, 0.05) is 56.8 Å². The third kappa shape index (κ3) is 3.26. The fraction of sp³-hybridized carbons (Fsp3) is 0.353. The molecule has 1 aliphatic rings. The number of pyridine rings is 1. The molecule has 0 saturated carbocycles. The molecule has 0 spiro atoms. The highest BCUT2D eigenvalue weighted by Gasteiger charge is 2.24. The van der Waals surface area contributed by atoms with E-state index in [1.54, 1.807) is 0 Å². The van der Waals surface area contributed by atoms with Crippen LogP contribution in [0.1, 0.15) is 11.6 Å². The Kier molecular flexibility index (Phi) is 4.65. The number of rotatable bonds is 4. The van der Waals surface area contributed by atoms with Crippen LogP contribution in [0.25, 0.3) is 0 Å². The summed E-state index contributed by atoms with van der Waals surface area (Å²) in [5.74, 6) is -0.191. The summed E-state index contributed by atoms with van der Waals surface area (Å²) in [7, 11) is 0. The third-order valence-corrected chi connectivity index (χ3v) is 4.26. The molecule has 3 rings (SSSR count). The van der Waals surface area contributed by atoms with Crippen molar-refractivity contribution < 1.29 is 4.39 Å². The summed E-state index contributed by atoms with van der Waals surface area (Å²) >= 11 is 0. The first-order valence-corrected chi connectivity index (χ1v) is 7.62. The third-order valence-electron chi connectivity index (χ3n) is 4.26. The fourth-order valence-electron chi connectivity index (χ4n) is 3.03. The van der Waals surface area contributed by atoms with Crippen LogP contribution in [0, 0.1) is 5.82 Å². The molecule has 1 unspecified atom stereocenters. The zero-order chi connectivity index (χ0) is 15.4. The van der Waals surface area contributed by atoms with Gasteiger partial charge < -0.3 is 10.6 Å². The molecule has 0 radical (unpaired) electrons. The predicted octanol–water partition coefficient (Wildman–Crippen LogP) is 2.04. The summed E-state index contributed by atoms with van der Waals surface area (Å²) in [6, 6.07) is 11.0. The first kappa shape index (κ1) is 14.9.